The summed E-state index contributed by atoms with van der Waals surface area (Å²) in [6.45, 7) is 1.70. The summed E-state index contributed by atoms with van der Waals surface area (Å²) in [6, 6.07) is 0. The first kappa shape index (κ1) is 10.7. The van der Waals surface area contributed by atoms with Gasteiger partial charge in [0.2, 0.25) is 5.91 Å². The summed E-state index contributed by atoms with van der Waals surface area (Å²) >= 11 is 5.35. The second-order valence-corrected chi connectivity index (χ2v) is 2.67. The highest BCUT2D eigenvalue weighted by molar-refractivity contribution is 6.27. The smallest absolute Gasteiger partial charge is 0.237 e. The van der Waals surface area contributed by atoms with Crippen LogP contribution in [0.3, 0.4) is 0 Å². The molecule has 0 saturated carbocycles. The van der Waals surface area contributed by atoms with Crippen LogP contribution >= 0.6 is 11.6 Å². The zero-order valence-corrected chi connectivity index (χ0v) is 7.82. The third kappa shape index (κ3) is 5.04. The van der Waals surface area contributed by atoms with Crippen LogP contribution in [0.25, 0.3) is 0 Å². The van der Waals surface area contributed by atoms with E-state index in [1.807, 2.05) is 7.05 Å². The number of carbonyl (C=O) groups is 1. The third-order valence-corrected chi connectivity index (χ3v) is 1.69. The molecule has 1 N–H and O–H groups in total. The number of hydrogen-bond donors (Lipinski definition) is 1. The summed E-state index contributed by atoms with van der Waals surface area (Å²) in [5, 5.41) is 3.01. The fraction of sp³-hybridized carbons (Fsp3) is 0.857. The van der Waals surface area contributed by atoms with E-state index in [-0.39, 0.29) is 11.8 Å². The number of nitrogens with zero attached hydrogens (tertiary/aromatic N) is 1. The molecule has 0 atom stereocenters. The number of alkyl halides is 1. The number of nitrogens with one attached hydrogen (secondary N) is 1. The first-order chi connectivity index (χ1) is 5.22. The molecule has 3 nitrogen and oxygen atoms in total. The van der Waals surface area contributed by atoms with Crippen LogP contribution in [0.15, 0.2) is 0 Å². The van der Waals surface area contributed by atoms with Crippen LogP contribution in [0.1, 0.15) is 6.42 Å². The lowest BCUT2D eigenvalue weighted by Crippen LogP contribution is -2.30. The van der Waals surface area contributed by atoms with Gasteiger partial charge in [-0.25, -0.2) is 0 Å². The predicted molar refractivity (Wildman–Crippen MR) is 46.9 cm³/mol. The Labute approximate surface area is 72.7 Å². The molecule has 0 aromatic carbocycles. The topological polar surface area (TPSA) is 32.3 Å². The Bertz CT molecular complexity index is 119. The molecule has 0 aromatic heterocycles. The summed E-state index contributed by atoms with van der Waals surface area (Å²) < 4.78 is 0. The van der Waals surface area contributed by atoms with E-state index in [0.29, 0.717) is 0 Å². The molecule has 66 valence electrons. The van der Waals surface area contributed by atoms with Gasteiger partial charge in [-0.3, -0.25) is 4.79 Å². The number of halogens is 1. The molecule has 0 aromatic rings. The van der Waals surface area contributed by atoms with Crippen LogP contribution in [-0.2, 0) is 4.79 Å². The monoisotopic (exact) mass is 178 g/mol. The van der Waals surface area contributed by atoms with Crippen molar-refractivity contribution in [2.75, 3.05) is 33.1 Å². The molecular weight excluding hydrogens is 164 g/mol. The largest absolute Gasteiger partial charge is 0.345 e. The second-order valence-electron chi connectivity index (χ2n) is 2.41. The van der Waals surface area contributed by atoms with E-state index < -0.39 is 0 Å². The molecule has 0 aliphatic rings. The zero-order chi connectivity index (χ0) is 8.69. The molecule has 11 heavy (non-hydrogen) atoms. The quantitative estimate of drug-likeness (QED) is 0.485. The lowest BCUT2D eigenvalue weighted by atomic mass is 10.4. The van der Waals surface area contributed by atoms with Gasteiger partial charge < -0.3 is 10.2 Å². The predicted octanol–water partition coefficient (Wildman–Crippen LogP) is 0.293. The molecular formula is C7H15ClN2O. The maximum absolute atomic E-state index is 10.9. The van der Waals surface area contributed by atoms with E-state index >= 15 is 0 Å². The van der Waals surface area contributed by atoms with Crippen LogP contribution in [0.5, 0.6) is 0 Å². The summed E-state index contributed by atoms with van der Waals surface area (Å²) in [7, 11) is 3.66. The SMILES string of the molecule is CNCCCN(C)C(=O)CCl. The summed E-state index contributed by atoms with van der Waals surface area (Å²) in [6.07, 6.45) is 0.968. The van der Waals surface area contributed by atoms with Crippen molar-refractivity contribution in [2.24, 2.45) is 0 Å². The van der Waals surface area contributed by atoms with Crippen molar-refractivity contribution in [1.29, 1.82) is 0 Å². The van der Waals surface area contributed by atoms with Gasteiger partial charge in [0.1, 0.15) is 5.88 Å². The van der Waals surface area contributed by atoms with Crippen LogP contribution in [0.2, 0.25) is 0 Å². The highest BCUT2D eigenvalue weighted by atomic mass is 35.5. The second kappa shape index (κ2) is 6.43. The maximum atomic E-state index is 10.9. The molecule has 1 amide bonds. The minimum Gasteiger partial charge on any atom is -0.345 e. The summed E-state index contributed by atoms with van der Waals surface area (Å²) in [5.74, 6) is 0.0681. The number of hydrogen-bond acceptors (Lipinski definition) is 2. The molecule has 0 saturated heterocycles. The average molecular weight is 179 g/mol. The first-order valence-corrected chi connectivity index (χ1v) is 4.20. The molecule has 0 heterocycles. The molecule has 4 heteroatoms. The van der Waals surface area contributed by atoms with Gasteiger partial charge >= 0.3 is 0 Å². The van der Waals surface area contributed by atoms with Crippen molar-refractivity contribution in [3.05, 3.63) is 0 Å². The number of amides is 1. The third-order valence-electron chi connectivity index (χ3n) is 1.46. The minimum absolute atomic E-state index is 0.0113. The molecule has 0 unspecified atom stereocenters. The van der Waals surface area contributed by atoms with E-state index in [1.54, 1.807) is 11.9 Å². The Kier molecular flexibility index (Phi) is 6.27. The Hall–Kier alpha value is -0.280. The number of rotatable bonds is 5. The first-order valence-electron chi connectivity index (χ1n) is 3.67. The lowest BCUT2D eigenvalue weighted by molar-refractivity contribution is -0.127. The summed E-state index contributed by atoms with van der Waals surface area (Å²) in [4.78, 5) is 12.5. The molecule has 0 radical (unpaired) electrons. The van der Waals surface area contributed by atoms with Gasteiger partial charge in [0.25, 0.3) is 0 Å². The van der Waals surface area contributed by atoms with Crippen LogP contribution < -0.4 is 5.32 Å². The van der Waals surface area contributed by atoms with Crippen molar-refractivity contribution < 1.29 is 4.79 Å². The lowest BCUT2D eigenvalue weighted by Gasteiger charge is -2.14. The highest BCUT2D eigenvalue weighted by Gasteiger charge is 2.04. The molecule has 0 aliphatic heterocycles. The van der Waals surface area contributed by atoms with E-state index in [0.717, 1.165) is 19.5 Å². The van der Waals surface area contributed by atoms with Gasteiger partial charge in [-0.15, -0.1) is 11.6 Å². The standard InChI is InChI=1S/C7H15ClN2O/c1-9-4-3-5-10(2)7(11)6-8/h9H,3-6H2,1-2H3. The van der Waals surface area contributed by atoms with Crippen molar-refractivity contribution in [3.63, 3.8) is 0 Å². The molecule has 0 fully saturated rings. The fourth-order valence-corrected chi connectivity index (χ4v) is 0.924. The Morgan fingerprint density at radius 1 is 1.64 bits per heavy atom. The van der Waals surface area contributed by atoms with Crippen molar-refractivity contribution in [1.82, 2.24) is 10.2 Å². The van der Waals surface area contributed by atoms with Crippen LogP contribution in [-0.4, -0.2) is 43.9 Å². The normalized spacial score (nSPS) is 9.73. The van der Waals surface area contributed by atoms with E-state index in [9.17, 15) is 4.79 Å². The average Bonchev–Trinajstić information content (AvgIpc) is 2.03. The van der Waals surface area contributed by atoms with Crippen LogP contribution in [0.4, 0.5) is 0 Å². The molecule has 0 bridgehead atoms. The molecule has 0 aliphatic carbocycles. The van der Waals surface area contributed by atoms with Crippen molar-refractivity contribution >= 4 is 17.5 Å². The molecule has 0 spiro atoms. The number of carbonyl (C=O) groups excluding carboxylic acids is 1. The van der Waals surface area contributed by atoms with E-state index in [4.69, 9.17) is 11.6 Å². The van der Waals surface area contributed by atoms with Gasteiger partial charge in [0, 0.05) is 13.6 Å². The minimum atomic E-state index is -0.0113. The zero-order valence-electron chi connectivity index (χ0n) is 7.06. The van der Waals surface area contributed by atoms with Gasteiger partial charge in [-0.05, 0) is 20.0 Å². The Morgan fingerprint density at radius 3 is 2.73 bits per heavy atom. The van der Waals surface area contributed by atoms with Gasteiger partial charge in [-0.1, -0.05) is 0 Å². The highest BCUT2D eigenvalue weighted by Crippen LogP contribution is 1.89. The van der Waals surface area contributed by atoms with Gasteiger partial charge in [-0.2, -0.15) is 0 Å². The van der Waals surface area contributed by atoms with E-state index in [1.165, 1.54) is 0 Å². The molecule has 0 rings (SSSR count). The van der Waals surface area contributed by atoms with Gasteiger partial charge in [0.15, 0.2) is 0 Å². The van der Waals surface area contributed by atoms with Crippen LogP contribution in [0, 0.1) is 0 Å². The Balaban J connectivity index is 3.36. The Morgan fingerprint density at radius 2 is 2.27 bits per heavy atom. The summed E-state index contributed by atoms with van der Waals surface area (Å²) in [5.41, 5.74) is 0. The van der Waals surface area contributed by atoms with Crippen molar-refractivity contribution in [2.45, 2.75) is 6.42 Å². The van der Waals surface area contributed by atoms with Gasteiger partial charge in [0.05, 0.1) is 0 Å². The van der Waals surface area contributed by atoms with Crippen molar-refractivity contribution in [3.8, 4) is 0 Å². The fourth-order valence-electron chi connectivity index (χ4n) is 0.720. The van der Waals surface area contributed by atoms with E-state index in [2.05, 4.69) is 5.32 Å². The maximum Gasteiger partial charge on any atom is 0.237 e.